The smallest absolute Gasteiger partial charge is 0.342 e. The van der Waals surface area contributed by atoms with Gasteiger partial charge in [-0.2, -0.15) is 0 Å². The molecule has 4 nitrogen and oxygen atoms in total. The number of benzene rings is 2. The Bertz CT molecular complexity index is 677. The summed E-state index contributed by atoms with van der Waals surface area (Å²) in [5, 5.41) is 10.8. The first-order valence-electron chi connectivity index (χ1n) is 7.44. The summed E-state index contributed by atoms with van der Waals surface area (Å²) >= 11 is 5.95. The van der Waals surface area contributed by atoms with Gasteiger partial charge in [0.2, 0.25) is 0 Å². The molecular formula is C17H20ClO4P. The van der Waals surface area contributed by atoms with Crippen molar-refractivity contribution in [2.45, 2.75) is 19.5 Å². The van der Waals surface area contributed by atoms with Crippen LogP contribution in [-0.2, 0) is 13.6 Å². The summed E-state index contributed by atoms with van der Waals surface area (Å²) in [5.41, 5.74) is 0.488. The van der Waals surface area contributed by atoms with Crippen molar-refractivity contribution in [3.8, 4) is 5.75 Å². The van der Waals surface area contributed by atoms with E-state index in [4.69, 9.17) is 20.6 Å². The third-order valence-corrected chi connectivity index (χ3v) is 6.05. The fourth-order valence-electron chi connectivity index (χ4n) is 2.44. The highest BCUT2D eigenvalue weighted by Crippen LogP contribution is 2.64. The van der Waals surface area contributed by atoms with Crippen molar-refractivity contribution in [2.24, 2.45) is 0 Å². The van der Waals surface area contributed by atoms with Gasteiger partial charge < -0.3 is 14.2 Å². The van der Waals surface area contributed by atoms with Gasteiger partial charge in [-0.1, -0.05) is 41.9 Å². The third kappa shape index (κ3) is 4.15. The molecule has 0 aromatic heterocycles. The standard InChI is InChI=1S/C17H20ClO4P/c1-3-21-23(20,22-4-2)17(13-9-11-14(18)12-10-13)15-7-5-6-8-16(15)19/h5-12,17,19H,3-4H2,1-2H3. The molecule has 2 aromatic rings. The van der Waals surface area contributed by atoms with Crippen molar-refractivity contribution < 1.29 is 18.7 Å². The Balaban J connectivity index is 2.61. The van der Waals surface area contributed by atoms with E-state index in [1.807, 2.05) is 0 Å². The summed E-state index contributed by atoms with van der Waals surface area (Å²) in [5.74, 6) is 0.0482. The van der Waals surface area contributed by atoms with Gasteiger partial charge in [0.1, 0.15) is 11.4 Å². The first-order chi connectivity index (χ1) is 11.0. The number of rotatable bonds is 7. The van der Waals surface area contributed by atoms with E-state index in [9.17, 15) is 9.67 Å². The van der Waals surface area contributed by atoms with Gasteiger partial charge >= 0.3 is 7.60 Å². The van der Waals surface area contributed by atoms with Crippen molar-refractivity contribution in [3.05, 3.63) is 64.7 Å². The van der Waals surface area contributed by atoms with Crippen LogP contribution < -0.4 is 0 Å². The van der Waals surface area contributed by atoms with Crippen molar-refractivity contribution in [3.63, 3.8) is 0 Å². The van der Waals surface area contributed by atoms with E-state index in [0.717, 1.165) is 0 Å². The molecule has 0 saturated carbocycles. The van der Waals surface area contributed by atoms with Crippen LogP contribution in [0, 0.1) is 0 Å². The first kappa shape index (κ1) is 18.0. The quantitative estimate of drug-likeness (QED) is 0.676. The highest BCUT2D eigenvalue weighted by Gasteiger charge is 2.39. The van der Waals surface area contributed by atoms with Crippen molar-refractivity contribution in [2.75, 3.05) is 13.2 Å². The largest absolute Gasteiger partial charge is 0.508 e. The molecule has 0 aliphatic rings. The van der Waals surface area contributed by atoms with E-state index in [0.29, 0.717) is 16.1 Å². The molecule has 23 heavy (non-hydrogen) atoms. The lowest BCUT2D eigenvalue weighted by Crippen LogP contribution is -2.08. The first-order valence-corrected chi connectivity index (χ1v) is 9.43. The zero-order valence-electron chi connectivity index (χ0n) is 13.1. The lowest BCUT2D eigenvalue weighted by molar-refractivity contribution is 0.214. The molecule has 2 rings (SSSR count). The summed E-state index contributed by atoms with van der Waals surface area (Å²) in [7, 11) is -3.52. The van der Waals surface area contributed by atoms with Crippen LogP contribution in [0.3, 0.4) is 0 Å². The Morgan fingerprint density at radius 3 is 2.13 bits per heavy atom. The highest BCUT2D eigenvalue weighted by atomic mass is 35.5. The summed E-state index contributed by atoms with van der Waals surface area (Å²) in [6, 6.07) is 13.7. The Kier molecular flexibility index (Phi) is 6.25. The molecule has 124 valence electrons. The molecule has 0 radical (unpaired) electrons. The van der Waals surface area contributed by atoms with E-state index >= 15 is 0 Å². The van der Waals surface area contributed by atoms with Gasteiger partial charge in [-0.25, -0.2) is 0 Å². The van der Waals surface area contributed by atoms with E-state index in [2.05, 4.69) is 0 Å². The molecule has 0 saturated heterocycles. The lowest BCUT2D eigenvalue weighted by atomic mass is 10.0. The number of phenolic OH excluding ortho intramolecular Hbond substituents is 1. The van der Waals surface area contributed by atoms with E-state index in [1.54, 1.807) is 62.4 Å². The van der Waals surface area contributed by atoms with Crippen LogP contribution in [0.4, 0.5) is 0 Å². The lowest BCUT2D eigenvalue weighted by Gasteiger charge is -2.27. The van der Waals surface area contributed by atoms with E-state index < -0.39 is 13.3 Å². The van der Waals surface area contributed by atoms with Crippen LogP contribution in [0.5, 0.6) is 5.75 Å². The molecule has 2 aromatic carbocycles. The predicted octanol–water partition coefficient (Wildman–Crippen LogP) is 5.40. The minimum absolute atomic E-state index is 0.0482. The molecule has 0 fully saturated rings. The molecule has 1 unspecified atom stereocenters. The zero-order chi connectivity index (χ0) is 16.9. The number of para-hydroxylation sites is 1. The maximum absolute atomic E-state index is 13.4. The predicted molar refractivity (Wildman–Crippen MR) is 92.3 cm³/mol. The Hall–Kier alpha value is -1.32. The van der Waals surface area contributed by atoms with Crippen LogP contribution in [0.2, 0.25) is 5.02 Å². The van der Waals surface area contributed by atoms with Crippen molar-refractivity contribution in [1.29, 1.82) is 0 Å². The van der Waals surface area contributed by atoms with Gasteiger partial charge in [-0.05, 0) is 37.6 Å². The summed E-state index contributed by atoms with van der Waals surface area (Å²) in [6.07, 6.45) is 0. The Labute approximate surface area is 141 Å². The van der Waals surface area contributed by atoms with Gasteiger partial charge in [-0.3, -0.25) is 4.57 Å². The average Bonchev–Trinajstić information content (AvgIpc) is 2.52. The van der Waals surface area contributed by atoms with Crippen molar-refractivity contribution in [1.82, 2.24) is 0 Å². The van der Waals surface area contributed by atoms with Gasteiger partial charge in [0, 0.05) is 10.6 Å². The van der Waals surface area contributed by atoms with Crippen molar-refractivity contribution >= 4 is 19.2 Å². The molecule has 0 spiro atoms. The SMILES string of the molecule is CCOP(=O)(OCC)C(c1ccc(Cl)cc1)c1ccccc1O. The van der Waals surface area contributed by atoms with Gasteiger partial charge in [0.15, 0.2) is 0 Å². The molecule has 0 aliphatic carbocycles. The zero-order valence-corrected chi connectivity index (χ0v) is 14.8. The number of hydrogen-bond donors (Lipinski definition) is 1. The van der Waals surface area contributed by atoms with Crippen LogP contribution >= 0.6 is 19.2 Å². The summed E-state index contributed by atoms with van der Waals surface area (Å²) in [4.78, 5) is 0. The number of hydrogen-bond acceptors (Lipinski definition) is 4. The fraction of sp³-hybridized carbons (Fsp3) is 0.294. The van der Waals surface area contributed by atoms with E-state index in [-0.39, 0.29) is 19.0 Å². The molecule has 6 heteroatoms. The minimum atomic E-state index is -3.52. The molecule has 0 bridgehead atoms. The fourth-order valence-corrected chi connectivity index (χ4v) is 4.76. The van der Waals surface area contributed by atoms with Crippen LogP contribution in [0.15, 0.2) is 48.5 Å². The van der Waals surface area contributed by atoms with Gasteiger partial charge in [-0.15, -0.1) is 0 Å². The number of phenols is 1. The highest BCUT2D eigenvalue weighted by molar-refractivity contribution is 7.54. The maximum Gasteiger partial charge on any atom is 0.342 e. The molecule has 0 heterocycles. The molecule has 0 amide bonds. The topological polar surface area (TPSA) is 55.8 Å². The monoisotopic (exact) mass is 354 g/mol. The molecule has 1 N–H and O–H groups in total. The molecule has 1 atom stereocenters. The van der Waals surface area contributed by atoms with Crippen LogP contribution in [0.1, 0.15) is 30.6 Å². The third-order valence-electron chi connectivity index (χ3n) is 3.35. The average molecular weight is 355 g/mol. The number of halogens is 1. The van der Waals surface area contributed by atoms with Gasteiger partial charge in [0.05, 0.1) is 13.2 Å². The summed E-state index contributed by atoms with van der Waals surface area (Å²) < 4.78 is 24.4. The van der Waals surface area contributed by atoms with Gasteiger partial charge in [0.25, 0.3) is 0 Å². The second-order valence-corrected chi connectivity index (χ2v) is 7.44. The van der Waals surface area contributed by atoms with Crippen LogP contribution in [-0.4, -0.2) is 18.3 Å². The van der Waals surface area contributed by atoms with Crippen LogP contribution in [0.25, 0.3) is 0 Å². The second kappa shape index (κ2) is 7.98. The normalized spacial score (nSPS) is 13.0. The Morgan fingerprint density at radius 2 is 1.61 bits per heavy atom. The summed E-state index contributed by atoms with van der Waals surface area (Å²) in [6.45, 7) is 4.01. The maximum atomic E-state index is 13.4. The molecule has 0 aliphatic heterocycles. The minimum Gasteiger partial charge on any atom is -0.508 e. The Morgan fingerprint density at radius 1 is 1.04 bits per heavy atom. The number of aromatic hydroxyl groups is 1. The van der Waals surface area contributed by atoms with E-state index in [1.165, 1.54) is 0 Å². The second-order valence-electron chi connectivity index (χ2n) is 4.89. The molecular weight excluding hydrogens is 335 g/mol.